The van der Waals surface area contributed by atoms with Crippen LogP contribution < -0.4 is 5.32 Å². The number of nitrogens with one attached hydrogen (secondary N) is 1. The topological polar surface area (TPSA) is 33.1 Å². The van der Waals surface area contributed by atoms with Gasteiger partial charge in [0.15, 0.2) is 0 Å². The molecule has 0 spiro atoms. The van der Waals surface area contributed by atoms with Crippen LogP contribution in [0.25, 0.3) is 0 Å². The number of nitrogens with zero attached hydrogens (tertiary/aromatic N) is 3. The Balaban J connectivity index is 1.79. The molecule has 1 atom stereocenters. The fourth-order valence-corrected chi connectivity index (χ4v) is 1.88. The van der Waals surface area contributed by atoms with Gasteiger partial charge in [0.1, 0.15) is 0 Å². The summed E-state index contributed by atoms with van der Waals surface area (Å²) in [7, 11) is 0. The van der Waals surface area contributed by atoms with E-state index in [4.69, 9.17) is 0 Å². The van der Waals surface area contributed by atoms with Crippen molar-refractivity contribution in [3.63, 3.8) is 0 Å². The Morgan fingerprint density at radius 2 is 2.43 bits per heavy atom. The van der Waals surface area contributed by atoms with E-state index in [2.05, 4.69) is 26.7 Å². The third kappa shape index (κ3) is 2.33. The molecule has 1 aliphatic heterocycles. The zero-order valence-corrected chi connectivity index (χ0v) is 8.69. The Kier molecular flexibility index (Phi) is 3.16. The van der Waals surface area contributed by atoms with Crippen molar-refractivity contribution in [1.29, 1.82) is 0 Å². The monoisotopic (exact) mass is 194 g/mol. The van der Waals surface area contributed by atoms with Crippen LogP contribution in [0.1, 0.15) is 6.92 Å². The minimum absolute atomic E-state index is 0.660. The molecule has 2 rings (SSSR count). The number of hydrogen-bond donors (Lipinski definition) is 1. The number of imidazole rings is 1. The molecule has 2 heterocycles. The molecular weight excluding hydrogens is 176 g/mol. The molecule has 0 unspecified atom stereocenters. The van der Waals surface area contributed by atoms with Gasteiger partial charge in [0, 0.05) is 51.2 Å². The SMILES string of the molecule is C[C@@H]1CNCCN1CCn1ccnc1. The van der Waals surface area contributed by atoms with Gasteiger partial charge in [-0.15, -0.1) is 0 Å². The molecule has 0 radical (unpaired) electrons. The van der Waals surface area contributed by atoms with Crippen LogP contribution in [0.2, 0.25) is 0 Å². The Morgan fingerprint density at radius 1 is 1.50 bits per heavy atom. The highest BCUT2D eigenvalue weighted by molar-refractivity contribution is 4.78. The lowest BCUT2D eigenvalue weighted by Gasteiger charge is -2.33. The Hall–Kier alpha value is -0.870. The first-order chi connectivity index (χ1) is 6.86. The lowest BCUT2D eigenvalue weighted by atomic mass is 10.2. The summed E-state index contributed by atoms with van der Waals surface area (Å²) in [5.74, 6) is 0. The van der Waals surface area contributed by atoms with Gasteiger partial charge in [-0.25, -0.2) is 4.98 Å². The first-order valence-electron chi connectivity index (χ1n) is 5.27. The molecule has 4 nitrogen and oxygen atoms in total. The summed E-state index contributed by atoms with van der Waals surface area (Å²) in [6.07, 6.45) is 5.74. The first-order valence-corrected chi connectivity index (χ1v) is 5.27. The quantitative estimate of drug-likeness (QED) is 0.745. The van der Waals surface area contributed by atoms with Gasteiger partial charge >= 0.3 is 0 Å². The standard InChI is InChI=1S/C10H18N4/c1-10-8-11-3-5-14(10)7-6-13-4-2-12-9-13/h2,4,9-11H,3,5-8H2,1H3/t10-/m1/s1. The summed E-state index contributed by atoms with van der Waals surface area (Å²) in [5.41, 5.74) is 0. The van der Waals surface area contributed by atoms with Gasteiger partial charge in [-0.1, -0.05) is 0 Å². The first kappa shape index (κ1) is 9.68. The third-order valence-corrected chi connectivity index (χ3v) is 2.84. The second kappa shape index (κ2) is 4.57. The predicted molar refractivity (Wildman–Crippen MR) is 56.1 cm³/mol. The van der Waals surface area contributed by atoms with Crippen LogP contribution in [0, 0.1) is 0 Å². The maximum atomic E-state index is 4.04. The van der Waals surface area contributed by atoms with Crippen LogP contribution in [-0.2, 0) is 6.54 Å². The van der Waals surface area contributed by atoms with Crippen molar-refractivity contribution in [1.82, 2.24) is 19.8 Å². The van der Waals surface area contributed by atoms with Crippen molar-refractivity contribution in [3.8, 4) is 0 Å². The minimum atomic E-state index is 0.660. The second-order valence-corrected chi connectivity index (χ2v) is 3.89. The van der Waals surface area contributed by atoms with Crippen molar-refractivity contribution in [3.05, 3.63) is 18.7 Å². The summed E-state index contributed by atoms with van der Waals surface area (Å²) in [5, 5.41) is 3.40. The van der Waals surface area contributed by atoms with Crippen LogP contribution in [0.3, 0.4) is 0 Å². The minimum Gasteiger partial charge on any atom is -0.336 e. The molecule has 0 amide bonds. The molecule has 1 fully saturated rings. The molecular formula is C10H18N4. The van der Waals surface area contributed by atoms with Crippen molar-refractivity contribution in [2.45, 2.75) is 19.5 Å². The van der Waals surface area contributed by atoms with Gasteiger partial charge in [0.2, 0.25) is 0 Å². The lowest BCUT2D eigenvalue weighted by molar-refractivity contribution is 0.168. The highest BCUT2D eigenvalue weighted by Gasteiger charge is 2.16. The van der Waals surface area contributed by atoms with Crippen molar-refractivity contribution < 1.29 is 0 Å². The van der Waals surface area contributed by atoms with E-state index in [1.54, 1.807) is 0 Å². The largest absolute Gasteiger partial charge is 0.336 e. The predicted octanol–water partition coefficient (Wildman–Crippen LogP) is 0.177. The zero-order valence-electron chi connectivity index (χ0n) is 8.69. The fourth-order valence-electron chi connectivity index (χ4n) is 1.88. The number of hydrogen-bond acceptors (Lipinski definition) is 3. The van der Waals surface area contributed by atoms with E-state index in [0.717, 1.165) is 32.7 Å². The molecule has 4 heteroatoms. The highest BCUT2D eigenvalue weighted by Crippen LogP contribution is 2.02. The van der Waals surface area contributed by atoms with Gasteiger partial charge in [0.05, 0.1) is 6.33 Å². The summed E-state index contributed by atoms with van der Waals surface area (Å²) < 4.78 is 2.13. The summed E-state index contributed by atoms with van der Waals surface area (Å²) >= 11 is 0. The zero-order chi connectivity index (χ0) is 9.80. The molecule has 1 aliphatic rings. The molecule has 1 saturated heterocycles. The molecule has 1 N–H and O–H groups in total. The van der Waals surface area contributed by atoms with Crippen LogP contribution in [0.15, 0.2) is 18.7 Å². The molecule has 78 valence electrons. The lowest BCUT2D eigenvalue weighted by Crippen LogP contribution is -2.50. The number of aromatic nitrogens is 2. The van der Waals surface area contributed by atoms with Gasteiger partial charge in [-0.2, -0.15) is 0 Å². The molecule has 0 bridgehead atoms. The van der Waals surface area contributed by atoms with Gasteiger partial charge in [-0.3, -0.25) is 4.90 Å². The average Bonchev–Trinajstić information content (AvgIpc) is 2.69. The van der Waals surface area contributed by atoms with Gasteiger partial charge in [-0.05, 0) is 6.92 Å². The van der Waals surface area contributed by atoms with Gasteiger partial charge < -0.3 is 9.88 Å². The van der Waals surface area contributed by atoms with Crippen LogP contribution in [-0.4, -0.2) is 46.7 Å². The second-order valence-electron chi connectivity index (χ2n) is 3.89. The Bertz CT molecular complexity index is 257. The number of piperazine rings is 1. The fraction of sp³-hybridized carbons (Fsp3) is 0.700. The van der Waals surface area contributed by atoms with Crippen LogP contribution in [0.4, 0.5) is 0 Å². The van der Waals surface area contributed by atoms with E-state index in [1.807, 2.05) is 18.7 Å². The highest BCUT2D eigenvalue weighted by atomic mass is 15.2. The van der Waals surface area contributed by atoms with E-state index < -0.39 is 0 Å². The molecule has 0 saturated carbocycles. The molecule has 14 heavy (non-hydrogen) atoms. The average molecular weight is 194 g/mol. The molecule has 1 aromatic heterocycles. The Morgan fingerprint density at radius 3 is 3.14 bits per heavy atom. The maximum Gasteiger partial charge on any atom is 0.0946 e. The van der Waals surface area contributed by atoms with Crippen LogP contribution in [0.5, 0.6) is 0 Å². The van der Waals surface area contributed by atoms with E-state index in [0.29, 0.717) is 6.04 Å². The number of rotatable bonds is 3. The summed E-state index contributed by atoms with van der Waals surface area (Å²) in [6.45, 7) is 7.84. The maximum absolute atomic E-state index is 4.04. The Labute approximate surface area is 84.9 Å². The molecule has 1 aromatic rings. The third-order valence-electron chi connectivity index (χ3n) is 2.84. The van der Waals surface area contributed by atoms with Crippen molar-refractivity contribution in [2.24, 2.45) is 0 Å². The van der Waals surface area contributed by atoms with E-state index >= 15 is 0 Å². The summed E-state index contributed by atoms with van der Waals surface area (Å²) in [6, 6.07) is 0.660. The molecule has 0 aromatic carbocycles. The van der Waals surface area contributed by atoms with Crippen molar-refractivity contribution >= 4 is 0 Å². The normalized spacial score (nSPS) is 23.9. The van der Waals surface area contributed by atoms with Crippen molar-refractivity contribution in [2.75, 3.05) is 26.2 Å². The van der Waals surface area contributed by atoms with E-state index in [-0.39, 0.29) is 0 Å². The van der Waals surface area contributed by atoms with E-state index in [9.17, 15) is 0 Å². The van der Waals surface area contributed by atoms with Crippen LogP contribution >= 0.6 is 0 Å². The molecule has 0 aliphatic carbocycles. The van der Waals surface area contributed by atoms with E-state index in [1.165, 1.54) is 0 Å². The van der Waals surface area contributed by atoms with Gasteiger partial charge in [0.25, 0.3) is 0 Å². The summed E-state index contributed by atoms with van der Waals surface area (Å²) in [4.78, 5) is 6.56. The smallest absolute Gasteiger partial charge is 0.0946 e.